The molecule has 0 aliphatic carbocycles. The number of nitrogens with two attached hydrogens (primary N) is 1. The average Bonchev–Trinajstić information content (AvgIpc) is 2.89. The quantitative estimate of drug-likeness (QED) is 0.430. The number of anilines is 1. The van der Waals surface area contributed by atoms with Crippen molar-refractivity contribution in [2.24, 2.45) is 5.92 Å². The van der Waals surface area contributed by atoms with Gasteiger partial charge in [-0.15, -0.1) is 0 Å². The number of urea groups is 1. The number of nitriles is 1. The summed E-state index contributed by atoms with van der Waals surface area (Å²) < 4.78 is 31.7. The fourth-order valence-electron chi connectivity index (χ4n) is 3.84. The van der Waals surface area contributed by atoms with Crippen molar-refractivity contribution < 1.29 is 32.7 Å². The molecule has 1 saturated heterocycles. The Hall–Kier alpha value is -4.92. The topological polar surface area (TPSA) is 149 Å². The second kappa shape index (κ2) is 11.9. The molecule has 1 aliphatic rings. The minimum Gasteiger partial charge on any atom is -0.475 e. The maximum absolute atomic E-state index is 13.0. The van der Waals surface area contributed by atoms with Crippen LogP contribution >= 0.6 is 0 Å². The second-order valence-corrected chi connectivity index (χ2v) is 8.19. The van der Waals surface area contributed by atoms with Crippen LogP contribution in [0.4, 0.5) is 23.8 Å². The summed E-state index contributed by atoms with van der Waals surface area (Å²) in [6.45, 7) is 0. The van der Waals surface area contributed by atoms with Crippen molar-refractivity contribution in [3.05, 3.63) is 95.7 Å². The minimum atomic E-state index is -5.08. The van der Waals surface area contributed by atoms with Crippen molar-refractivity contribution in [3.63, 3.8) is 0 Å². The highest BCUT2D eigenvalue weighted by molar-refractivity contribution is 6.02. The van der Waals surface area contributed by atoms with Gasteiger partial charge in [-0.2, -0.15) is 18.4 Å². The maximum Gasteiger partial charge on any atom is 0.490 e. The molecule has 9 nitrogen and oxygen atoms in total. The number of carbonyl (C=O) groups is 3. The van der Waals surface area contributed by atoms with Gasteiger partial charge in [-0.3, -0.25) is 4.79 Å². The number of likely N-dealkylation sites (tertiary alicyclic amines) is 1. The number of aliphatic carboxylic acids is 1. The van der Waals surface area contributed by atoms with Crippen LogP contribution in [0.15, 0.2) is 79.0 Å². The molecule has 3 amide bonds. The van der Waals surface area contributed by atoms with Crippen LogP contribution in [0.25, 0.3) is 0 Å². The molecule has 4 rings (SSSR count). The molecule has 0 bridgehead atoms. The van der Waals surface area contributed by atoms with E-state index >= 15 is 0 Å². The zero-order valence-corrected chi connectivity index (χ0v) is 19.7. The molecule has 2 atom stereocenters. The first-order valence-corrected chi connectivity index (χ1v) is 11.2. The van der Waals surface area contributed by atoms with Gasteiger partial charge in [0.25, 0.3) is 0 Å². The zero-order valence-electron chi connectivity index (χ0n) is 19.7. The first-order valence-electron chi connectivity index (χ1n) is 11.2. The first kappa shape index (κ1) is 27.7. The fourth-order valence-corrected chi connectivity index (χ4v) is 3.84. The predicted octanol–water partition coefficient (Wildman–Crippen LogP) is 3.69. The van der Waals surface area contributed by atoms with Crippen molar-refractivity contribution in [2.75, 3.05) is 5.73 Å². The lowest BCUT2D eigenvalue weighted by atomic mass is 9.83. The van der Waals surface area contributed by atoms with Gasteiger partial charge < -0.3 is 16.2 Å². The third kappa shape index (κ3) is 6.64. The number of β-lactam (4-membered cyclic amide) rings is 1. The molecule has 0 spiro atoms. The third-order valence-corrected chi connectivity index (χ3v) is 5.64. The highest BCUT2D eigenvalue weighted by Crippen LogP contribution is 2.31. The van der Waals surface area contributed by atoms with Gasteiger partial charge in [0.2, 0.25) is 5.91 Å². The summed E-state index contributed by atoms with van der Waals surface area (Å²) >= 11 is 0. The lowest BCUT2D eigenvalue weighted by Crippen LogP contribution is -2.65. The van der Waals surface area contributed by atoms with Crippen molar-refractivity contribution in [2.45, 2.75) is 24.7 Å². The van der Waals surface area contributed by atoms with Crippen molar-refractivity contribution in [3.8, 4) is 6.07 Å². The number of pyridine rings is 1. The smallest absolute Gasteiger partial charge is 0.475 e. The van der Waals surface area contributed by atoms with E-state index in [9.17, 15) is 28.0 Å². The molecule has 0 radical (unpaired) electrons. The number of carboxylic acids is 1. The van der Waals surface area contributed by atoms with E-state index in [-0.39, 0.29) is 5.91 Å². The van der Waals surface area contributed by atoms with E-state index in [0.29, 0.717) is 12.2 Å². The molecule has 4 N–H and O–H groups in total. The van der Waals surface area contributed by atoms with Gasteiger partial charge in [0.1, 0.15) is 11.9 Å². The molecular weight excluding hydrogens is 503 g/mol. The maximum atomic E-state index is 13.0. The predicted molar refractivity (Wildman–Crippen MR) is 129 cm³/mol. The summed E-state index contributed by atoms with van der Waals surface area (Å²) in [5.41, 5.74) is 8.27. The van der Waals surface area contributed by atoms with Crippen LogP contribution in [0.1, 0.15) is 22.7 Å². The molecule has 1 fully saturated rings. The lowest BCUT2D eigenvalue weighted by Gasteiger charge is -2.42. The van der Waals surface area contributed by atoms with Crippen LogP contribution < -0.4 is 11.1 Å². The third-order valence-electron chi connectivity index (χ3n) is 5.64. The van der Waals surface area contributed by atoms with E-state index in [1.54, 1.807) is 18.3 Å². The number of hydrogen-bond donors (Lipinski definition) is 3. The lowest BCUT2D eigenvalue weighted by molar-refractivity contribution is -0.192. The normalized spacial score (nSPS) is 16.5. The van der Waals surface area contributed by atoms with Gasteiger partial charge in [-0.1, -0.05) is 60.7 Å². The summed E-state index contributed by atoms with van der Waals surface area (Å²) in [6, 6.07) is 22.7. The molecule has 12 heteroatoms. The Balaban J connectivity index is 0.000000505. The Morgan fingerprint density at radius 3 is 2.05 bits per heavy atom. The van der Waals surface area contributed by atoms with Crippen molar-refractivity contribution in [1.82, 2.24) is 15.2 Å². The van der Waals surface area contributed by atoms with Gasteiger partial charge in [0.15, 0.2) is 0 Å². The standard InChI is InChI=1S/C24H21N5O2.C2HF3O2/c25-15-20-19(13-16-11-12-27-21(26)14-16)23(30)29(20)24(31)28-22(17-7-3-1-4-8-17)18-9-5-2-6-10-18;3-2(4,5)1(6)7/h1-12,14,19-20,22H,13H2,(H2,26,27)(H,28,31);(H,6,7). The average molecular weight is 525 g/mol. The summed E-state index contributed by atoms with van der Waals surface area (Å²) in [7, 11) is 0. The number of nitrogens with zero attached hydrogens (tertiary/aromatic N) is 3. The molecule has 196 valence electrons. The Bertz CT molecular complexity index is 1290. The molecule has 38 heavy (non-hydrogen) atoms. The van der Waals surface area contributed by atoms with Gasteiger partial charge in [-0.05, 0) is 35.2 Å². The number of aromatic nitrogens is 1. The largest absolute Gasteiger partial charge is 0.490 e. The van der Waals surface area contributed by atoms with E-state index in [0.717, 1.165) is 21.6 Å². The first-order chi connectivity index (χ1) is 18.0. The number of nitrogen functional groups attached to an aromatic ring is 1. The number of imide groups is 1. The number of alkyl halides is 3. The molecule has 2 unspecified atom stereocenters. The number of carbonyl (C=O) groups excluding carboxylic acids is 2. The van der Waals surface area contributed by atoms with Crippen LogP contribution in [0.3, 0.4) is 0 Å². The van der Waals surface area contributed by atoms with E-state index in [2.05, 4.69) is 16.4 Å². The fraction of sp³-hybridized carbons (Fsp3) is 0.192. The number of benzene rings is 2. The molecule has 0 saturated carbocycles. The van der Waals surface area contributed by atoms with Crippen LogP contribution in [0, 0.1) is 17.2 Å². The molecule has 3 aromatic rings. The van der Waals surface area contributed by atoms with Crippen molar-refractivity contribution in [1.29, 1.82) is 5.26 Å². The van der Waals surface area contributed by atoms with Crippen LogP contribution in [0.5, 0.6) is 0 Å². The minimum absolute atomic E-state index is 0.328. The summed E-state index contributed by atoms with van der Waals surface area (Å²) in [5.74, 6) is -3.38. The van der Waals surface area contributed by atoms with Crippen molar-refractivity contribution >= 4 is 23.7 Å². The zero-order chi connectivity index (χ0) is 27.9. The highest BCUT2D eigenvalue weighted by Gasteiger charge is 2.51. The molecule has 2 heterocycles. The number of nitrogens with one attached hydrogen (secondary N) is 1. The Morgan fingerprint density at radius 2 is 1.61 bits per heavy atom. The van der Waals surface area contributed by atoms with Gasteiger partial charge in [0.05, 0.1) is 18.0 Å². The second-order valence-electron chi connectivity index (χ2n) is 8.19. The van der Waals surface area contributed by atoms with E-state index in [4.69, 9.17) is 15.6 Å². The number of carboxylic acid groups (broad SMARTS) is 1. The molecule has 2 aromatic carbocycles. The molecular formula is C26H22F3N5O4. The summed E-state index contributed by atoms with van der Waals surface area (Å²) in [4.78, 5) is 39.7. The summed E-state index contributed by atoms with van der Waals surface area (Å²) in [6.07, 6.45) is -3.20. The summed E-state index contributed by atoms with van der Waals surface area (Å²) in [5, 5.41) is 19.7. The molecule has 1 aliphatic heterocycles. The van der Waals surface area contributed by atoms with E-state index < -0.39 is 36.2 Å². The Labute approximate surface area is 215 Å². The van der Waals surface area contributed by atoms with Gasteiger partial charge >= 0.3 is 18.2 Å². The van der Waals surface area contributed by atoms with Crippen LogP contribution in [0.2, 0.25) is 0 Å². The number of halogens is 3. The Kier molecular flexibility index (Phi) is 8.65. The van der Waals surface area contributed by atoms with Crippen LogP contribution in [-0.2, 0) is 16.0 Å². The van der Waals surface area contributed by atoms with E-state index in [1.165, 1.54) is 0 Å². The number of amides is 3. The highest BCUT2D eigenvalue weighted by atomic mass is 19.4. The van der Waals surface area contributed by atoms with Gasteiger partial charge in [0, 0.05) is 6.20 Å². The number of rotatable bonds is 5. The van der Waals surface area contributed by atoms with E-state index in [1.807, 2.05) is 60.7 Å². The number of hydrogen-bond acceptors (Lipinski definition) is 6. The molecule has 1 aromatic heterocycles. The Morgan fingerprint density at radius 1 is 1.08 bits per heavy atom. The van der Waals surface area contributed by atoms with Crippen LogP contribution in [-0.4, -0.2) is 45.1 Å². The SMILES string of the molecule is N#CC1C(Cc2ccnc(N)c2)C(=O)N1C(=O)NC(c1ccccc1)c1ccccc1.O=C(O)C(F)(F)F. The van der Waals surface area contributed by atoms with Gasteiger partial charge in [-0.25, -0.2) is 19.5 Å². The monoisotopic (exact) mass is 525 g/mol.